The Hall–Kier alpha value is -1.47. The summed E-state index contributed by atoms with van der Waals surface area (Å²) in [6, 6.07) is 7.70. The van der Waals surface area contributed by atoms with Crippen LogP contribution in [0, 0.1) is 13.8 Å². The molecule has 26 heavy (non-hydrogen) atoms. The molecule has 7 heteroatoms. The minimum atomic E-state index is -3.93. The molecule has 0 saturated carbocycles. The van der Waals surface area contributed by atoms with Crippen LogP contribution in [0.2, 0.25) is 0 Å². The van der Waals surface area contributed by atoms with Crippen molar-refractivity contribution in [2.45, 2.75) is 27.7 Å². The minimum absolute atomic E-state index is 0.574. The number of benzene rings is 1. The van der Waals surface area contributed by atoms with Crippen LogP contribution >= 0.6 is 31.9 Å². The number of rotatable bonds is 1. The van der Waals surface area contributed by atoms with E-state index >= 15 is 8.63 Å². The highest BCUT2D eigenvalue weighted by atomic mass is 79.9. The van der Waals surface area contributed by atoms with Gasteiger partial charge in [-0.1, -0.05) is 37.9 Å². The van der Waals surface area contributed by atoms with Crippen LogP contribution in [0.5, 0.6) is 0 Å². The number of aromatic nitrogens is 1. The highest BCUT2D eigenvalue weighted by Crippen LogP contribution is 2.45. The Kier molecular flexibility index (Phi) is 3.97. The first-order valence-corrected chi connectivity index (χ1v) is 9.95. The summed E-state index contributed by atoms with van der Waals surface area (Å²) < 4.78 is 35.3. The monoisotopic (exact) mass is 480 g/mol. The maximum atomic E-state index is 15.5. The van der Waals surface area contributed by atoms with Crippen LogP contribution in [-0.2, 0) is 0 Å². The van der Waals surface area contributed by atoms with E-state index in [1.807, 2.05) is 44.2 Å². The molecule has 2 aromatic rings. The Bertz CT molecular complexity index is 1080. The first-order chi connectivity index (χ1) is 12.1. The molecular weight excluding hydrogens is 465 g/mol. The fourth-order valence-corrected chi connectivity index (χ4v) is 5.49. The van der Waals surface area contributed by atoms with Crippen molar-refractivity contribution in [3.8, 4) is 0 Å². The molecule has 4 rings (SSSR count). The molecule has 0 amide bonds. The van der Waals surface area contributed by atoms with Gasteiger partial charge in [0.25, 0.3) is 0 Å². The third-order valence-electron chi connectivity index (χ3n) is 5.13. The number of nitrogens with zero attached hydrogens (tertiary/aromatic N) is 2. The predicted octanol–water partition coefficient (Wildman–Crippen LogP) is 6.06. The van der Waals surface area contributed by atoms with Crippen LogP contribution in [-0.4, -0.2) is 21.6 Å². The highest BCUT2D eigenvalue weighted by molar-refractivity contribution is 9.11. The second-order valence-corrected chi connectivity index (χ2v) is 8.73. The van der Waals surface area contributed by atoms with Crippen molar-refractivity contribution < 1.29 is 13.1 Å². The van der Waals surface area contributed by atoms with Gasteiger partial charge in [0.05, 0.1) is 5.57 Å². The molecule has 0 bridgehead atoms. The van der Waals surface area contributed by atoms with Crippen molar-refractivity contribution in [3.05, 3.63) is 73.1 Å². The molecule has 0 fully saturated rings. The van der Waals surface area contributed by atoms with Gasteiger partial charge in [-0.2, -0.15) is 0 Å². The van der Waals surface area contributed by atoms with Crippen LogP contribution in [0.1, 0.15) is 36.4 Å². The molecule has 2 aliphatic heterocycles. The number of fused-ring (bicyclic) bond motifs is 2. The van der Waals surface area contributed by atoms with Crippen LogP contribution in [0.4, 0.5) is 8.63 Å². The first-order valence-electron chi connectivity index (χ1n) is 8.37. The van der Waals surface area contributed by atoms with Crippen molar-refractivity contribution >= 4 is 50.1 Å². The summed E-state index contributed by atoms with van der Waals surface area (Å²) >= 11 is 7.10. The van der Waals surface area contributed by atoms with Gasteiger partial charge in [-0.05, 0) is 50.2 Å². The number of hydrogen-bond acceptors (Lipinski definition) is 0. The van der Waals surface area contributed by atoms with Gasteiger partial charge in [0.1, 0.15) is 5.71 Å². The predicted molar refractivity (Wildman–Crippen MR) is 110 cm³/mol. The SMILES string of the molecule is CC1=CC(C)=[N+]2C1=C(c1ccc(Br)cc1Br)c1c(C)cc(C)n1[B-]2(F)F. The second-order valence-electron chi connectivity index (χ2n) is 6.96. The lowest BCUT2D eigenvalue weighted by Gasteiger charge is -2.34. The summed E-state index contributed by atoms with van der Waals surface area (Å²) in [5, 5.41) is 0. The largest absolute Gasteiger partial charge is 0.737 e. The van der Waals surface area contributed by atoms with Crippen molar-refractivity contribution in [3.63, 3.8) is 0 Å². The van der Waals surface area contributed by atoms with Crippen molar-refractivity contribution in [1.29, 1.82) is 0 Å². The van der Waals surface area contributed by atoms with E-state index in [9.17, 15) is 0 Å². The lowest BCUT2D eigenvalue weighted by atomic mass is 9.84. The number of allylic oxidation sites excluding steroid dienone is 2. The summed E-state index contributed by atoms with van der Waals surface area (Å²) in [6.07, 6.45) is 1.84. The van der Waals surface area contributed by atoms with Gasteiger partial charge < -0.3 is 17.6 Å². The molecule has 3 heterocycles. The summed E-state index contributed by atoms with van der Waals surface area (Å²) in [5.41, 5.74) is 5.82. The zero-order valence-electron chi connectivity index (χ0n) is 14.9. The summed E-state index contributed by atoms with van der Waals surface area (Å²) in [4.78, 5) is 0. The van der Waals surface area contributed by atoms with Crippen LogP contribution in [0.15, 0.2) is 50.6 Å². The van der Waals surface area contributed by atoms with E-state index in [2.05, 4.69) is 31.9 Å². The number of aryl methyl sites for hydroxylation is 2. The molecule has 134 valence electrons. The fourth-order valence-electron chi connectivity index (χ4n) is 4.25. The quantitative estimate of drug-likeness (QED) is 0.437. The summed E-state index contributed by atoms with van der Waals surface area (Å²) in [6.45, 7) is 3.36. The van der Waals surface area contributed by atoms with Crippen molar-refractivity contribution in [2.24, 2.45) is 0 Å². The molecule has 0 atom stereocenters. The van der Waals surface area contributed by atoms with Gasteiger partial charge >= 0.3 is 6.97 Å². The van der Waals surface area contributed by atoms with Crippen molar-refractivity contribution in [2.75, 3.05) is 0 Å². The standard InChI is InChI=1S/C19H17BBr2F2N2/c1-10-7-12(3)25-18(10)17(15-6-5-14(21)9-16(15)22)19-11(2)8-13(4)26(19)20(25,23)24/h5-9H,1-4H3. The van der Waals surface area contributed by atoms with Crippen LogP contribution < -0.4 is 0 Å². The smallest absolute Gasteiger partial charge is 0.393 e. The molecule has 0 N–H and O–H groups in total. The molecule has 1 aromatic carbocycles. The van der Waals surface area contributed by atoms with Gasteiger partial charge in [-0.25, -0.2) is 0 Å². The zero-order valence-corrected chi connectivity index (χ0v) is 18.0. The number of hydrogen-bond donors (Lipinski definition) is 0. The minimum Gasteiger partial charge on any atom is -0.393 e. The molecular formula is C19H17BBr2F2N2. The molecule has 2 aliphatic rings. The van der Waals surface area contributed by atoms with Crippen LogP contribution in [0.3, 0.4) is 0 Å². The first kappa shape index (κ1) is 17.9. The average Bonchev–Trinajstić information content (AvgIpc) is 2.99. The normalized spacial score (nSPS) is 18.2. The van der Waals surface area contributed by atoms with E-state index in [0.717, 1.165) is 31.2 Å². The Morgan fingerprint density at radius 1 is 1.04 bits per heavy atom. The Balaban J connectivity index is 2.20. The molecule has 0 radical (unpaired) electrons. The highest BCUT2D eigenvalue weighted by Gasteiger charge is 2.55. The van der Waals surface area contributed by atoms with Gasteiger partial charge in [-0.15, -0.1) is 0 Å². The van der Waals surface area contributed by atoms with E-state index in [0.29, 0.717) is 22.8 Å². The van der Waals surface area contributed by atoms with Gasteiger partial charge in [0, 0.05) is 38.8 Å². The molecule has 2 nitrogen and oxygen atoms in total. The van der Waals surface area contributed by atoms with E-state index < -0.39 is 6.97 Å². The molecule has 0 unspecified atom stereocenters. The van der Waals surface area contributed by atoms with Gasteiger partial charge in [0.2, 0.25) is 0 Å². The number of halogens is 4. The third-order valence-corrected chi connectivity index (χ3v) is 6.28. The maximum absolute atomic E-state index is 15.5. The summed E-state index contributed by atoms with van der Waals surface area (Å²) in [5.74, 6) is 0. The topological polar surface area (TPSA) is 7.94 Å². The zero-order chi connectivity index (χ0) is 19.0. The molecule has 0 spiro atoms. The van der Waals surface area contributed by atoms with E-state index in [1.54, 1.807) is 13.8 Å². The fraction of sp³-hybridized carbons (Fsp3) is 0.211. The van der Waals surface area contributed by atoms with Gasteiger partial charge in [-0.3, -0.25) is 0 Å². The molecule has 1 aromatic heterocycles. The van der Waals surface area contributed by atoms with Crippen molar-refractivity contribution in [1.82, 2.24) is 4.48 Å². The molecule has 0 aliphatic carbocycles. The Labute approximate surface area is 168 Å². The molecule has 0 saturated heterocycles. The third kappa shape index (κ3) is 2.29. The van der Waals surface area contributed by atoms with E-state index in [-0.39, 0.29) is 0 Å². The maximum Gasteiger partial charge on any atom is 0.737 e. The van der Waals surface area contributed by atoms with Crippen LogP contribution in [0.25, 0.3) is 5.57 Å². The lowest BCUT2D eigenvalue weighted by Crippen LogP contribution is -2.51. The Morgan fingerprint density at radius 3 is 2.38 bits per heavy atom. The average molecular weight is 482 g/mol. The van der Waals surface area contributed by atoms with E-state index in [1.165, 1.54) is 8.96 Å². The summed E-state index contributed by atoms with van der Waals surface area (Å²) in [7, 11) is 0. The Morgan fingerprint density at radius 2 is 1.73 bits per heavy atom. The van der Waals surface area contributed by atoms with E-state index in [4.69, 9.17) is 0 Å². The van der Waals surface area contributed by atoms with Gasteiger partial charge in [0.15, 0.2) is 5.70 Å². The second kappa shape index (κ2) is 5.76. The lowest BCUT2D eigenvalue weighted by molar-refractivity contribution is -0.363.